The minimum atomic E-state index is 0.277. The zero-order valence-corrected chi connectivity index (χ0v) is 28.2. The summed E-state index contributed by atoms with van der Waals surface area (Å²) in [6.07, 6.45) is 6.67. The van der Waals surface area contributed by atoms with E-state index in [4.69, 9.17) is 26.8 Å². The Labute approximate surface area is 267 Å². The molecular formula is C32H33Br2N3O2S2. The first-order chi connectivity index (χ1) is 19.8. The minimum Gasteiger partial charge on any atom is -0.463 e. The van der Waals surface area contributed by atoms with Crippen molar-refractivity contribution in [2.45, 2.75) is 38.0 Å². The molecule has 0 bridgehead atoms. The predicted molar refractivity (Wildman–Crippen MR) is 184 cm³/mol. The van der Waals surface area contributed by atoms with Gasteiger partial charge in [0.25, 0.3) is 0 Å². The third kappa shape index (κ3) is 6.39. The Morgan fingerprint density at radius 1 is 0.976 bits per heavy atom. The number of likely N-dealkylation sites (N-methyl/N-ethyl adjacent to an activating group) is 1. The predicted octanol–water partition coefficient (Wildman–Crippen LogP) is 9.48. The molecule has 0 saturated carbocycles. The summed E-state index contributed by atoms with van der Waals surface area (Å²) in [7, 11) is 0. The van der Waals surface area contributed by atoms with Crippen LogP contribution in [0.15, 0.2) is 83.5 Å². The molecule has 0 unspecified atom stereocenters. The summed E-state index contributed by atoms with van der Waals surface area (Å²) in [5.41, 5.74) is 12.5. The van der Waals surface area contributed by atoms with Crippen molar-refractivity contribution >= 4 is 94.3 Å². The second kappa shape index (κ2) is 13.3. The van der Waals surface area contributed by atoms with Crippen LogP contribution in [0.2, 0.25) is 0 Å². The second-order valence-electron chi connectivity index (χ2n) is 9.85. The molecule has 9 heteroatoms. The van der Waals surface area contributed by atoms with Crippen molar-refractivity contribution in [3.8, 4) is 0 Å². The van der Waals surface area contributed by atoms with Crippen LogP contribution in [0.25, 0.3) is 21.9 Å². The van der Waals surface area contributed by atoms with E-state index in [0.717, 1.165) is 81.5 Å². The molecular weight excluding hydrogens is 682 g/mol. The molecule has 0 amide bonds. The Bertz CT molecular complexity index is 1700. The fourth-order valence-electron chi connectivity index (χ4n) is 5.29. The van der Waals surface area contributed by atoms with Crippen LogP contribution >= 0.6 is 55.8 Å². The summed E-state index contributed by atoms with van der Waals surface area (Å²) in [5, 5.41) is 2.59. The Kier molecular flexibility index (Phi) is 9.81. The number of nitrogens with zero attached hydrogens (tertiary/aromatic N) is 2. The van der Waals surface area contributed by atoms with Crippen molar-refractivity contribution in [2.24, 2.45) is 5.73 Å². The number of hydrogen-bond donors (Lipinski definition) is 1. The van der Waals surface area contributed by atoms with Crippen LogP contribution in [0.4, 0.5) is 11.4 Å². The van der Waals surface area contributed by atoms with Crippen molar-refractivity contribution in [3.05, 3.63) is 86.7 Å². The fourth-order valence-corrected chi connectivity index (χ4v) is 6.81. The number of thioether (sulfide) groups is 1. The SMILES string of the molecule is CCc1oc2ccc(N(C(N)=S)c3cccc(Br)c3Br)cc2c1CCN(CC)CCc1ccc2occ(SC)c2c1. The van der Waals surface area contributed by atoms with Gasteiger partial charge in [-0.05, 0) is 118 Å². The summed E-state index contributed by atoms with van der Waals surface area (Å²) in [5.74, 6) is 1.04. The number of nitrogens with two attached hydrogens (primary N) is 1. The highest BCUT2D eigenvalue weighted by Gasteiger charge is 2.20. The summed E-state index contributed by atoms with van der Waals surface area (Å²) in [6, 6.07) is 18.7. The van der Waals surface area contributed by atoms with E-state index in [1.165, 1.54) is 21.4 Å². The molecule has 0 aliphatic heterocycles. The highest BCUT2D eigenvalue weighted by molar-refractivity contribution is 9.13. The van der Waals surface area contributed by atoms with E-state index in [2.05, 4.69) is 81.1 Å². The van der Waals surface area contributed by atoms with Gasteiger partial charge in [0.15, 0.2) is 5.11 Å². The lowest BCUT2D eigenvalue weighted by molar-refractivity contribution is 0.295. The Balaban J connectivity index is 1.37. The van der Waals surface area contributed by atoms with Gasteiger partial charge in [-0.3, -0.25) is 4.90 Å². The maximum atomic E-state index is 6.31. The van der Waals surface area contributed by atoms with Gasteiger partial charge in [-0.25, -0.2) is 0 Å². The van der Waals surface area contributed by atoms with Gasteiger partial charge >= 0.3 is 0 Å². The molecule has 5 aromatic rings. The number of halogens is 2. The van der Waals surface area contributed by atoms with Gasteiger partial charge in [-0.2, -0.15) is 0 Å². The quantitative estimate of drug-likeness (QED) is 0.108. The minimum absolute atomic E-state index is 0.277. The number of furan rings is 2. The molecule has 2 N–H and O–H groups in total. The molecule has 41 heavy (non-hydrogen) atoms. The van der Waals surface area contributed by atoms with E-state index in [9.17, 15) is 0 Å². The molecule has 5 nitrogen and oxygen atoms in total. The molecule has 0 atom stereocenters. The topological polar surface area (TPSA) is 58.8 Å². The van der Waals surface area contributed by atoms with Crippen molar-refractivity contribution in [2.75, 3.05) is 30.8 Å². The zero-order valence-electron chi connectivity index (χ0n) is 23.4. The van der Waals surface area contributed by atoms with E-state index in [0.29, 0.717) is 0 Å². The molecule has 0 radical (unpaired) electrons. The van der Waals surface area contributed by atoms with Crippen LogP contribution in [0.5, 0.6) is 0 Å². The lowest BCUT2D eigenvalue weighted by Gasteiger charge is -2.25. The number of thiocarbonyl (C=S) groups is 1. The number of benzene rings is 3. The molecule has 5 rings (SSSR count). The summed E-state index contributed by atoms with van der Waals surface area (Å²) >= 11 is 14.5. The molecule has 0 spiro atoms. The zero-order chi connectivity index (χ0) is 29.1. The fraction of sp³-hybridized carbons (Fsp3) is 0.281. The first kappa shape index (κ1) is 30.2. The standard InChI is InChI=1S/C32H33Br2N3O2S2/c1-4-27-22(14-16-36(5-2)15-13-20-9-11-28-24(17-20)30(41-3)19-38-28)23-18-21(10-12-29(23)39-27)37(32(35)40)26-8-6-7-25(33)31(26)34/h6-12,17-19H,4-5,13-16H2,1-3H3,(H2,35,40). The average molecular weight is 716 g/mol. The van der Waals surface area contributed by atoms with Crippen LogP contribution in [0, 0.1) is 0 Å². The Hall–Kier alpha value is -2.30. The van der Waals surface area contributed by atoms with Gasteiger partial charge in [0.1, 0.15) is 23.2 Å². The molecule has 0 aliphatic carbocycles. The van der Waals surface area contributed by atoms with E-state index in [1.54, 1.807) is 11.8 Å². The van der Waals surface area contributed by atoms with E-state index >= 15 is 0 Å². The molecule has 0 fully saturated rings. The number of aryl methyl sites for hydroxylation is 1. The van der Waals surface area contributed by atoms with E-state index in [-0.39, 0.29) is 5.11 Å². The number of anilines is 2. The van der Waals surface area contributed by atoms with Gasteiger partial charge in [-0.1, -0.05) is 26.0 Å². The lowest BCUT2D eigenvalue weighted by atomic mass is 10.0. The van der Waals surface area contributed by atoms with Crippen LogP contribution < -0.4 is 10.6 Å². The molecule has 2 heterocycles. The first-order valence-electron chi connectivity index (χ1n) is 13.7. The normalized spacial score (nSPS) is 11.7. The van der Waals surface area contributed by atoms with Crippen LogP contribution in [0.3, 0.4) is 0 Å². The van der Waals surface area contributed by atoms with Crippen LogP contribution in [-0.4, -0.2) is 35.9 Å². The smallest absolute Gasteiger partial charge is 0.175 e. The molecule has 214 valence electrons. The van der Waals surface area contributed by atoms with Gasteiger partial charge in [0, 0.05) is 46.0 Å². The lowest BCUT2D eigenvalue weighted by Crippen LogP contribution is -2.31. The maximum absolute atomic E-state index is 6.31. The van der Waals surface area contributed by atoms with Gasteiger partial charge in [-0.15, -0.1) is 11.8 Å². The van der Waals surface area contributed by atoms with Crippen molar-refractivity contribution in [1.29, 1.82) is 0 Å². The number of rotatable bonds is 11. The van der Waals surface area contributed by atoms with Gasteiger partial charge in [0.05, 0.1) is 15.1 Å². The largest absolute Gasteiger partial charge is 0.463 e. The third-order valence-corrected chi connectivity index (χ3v) is 10.5. The second-order valence-corrected chi connectivity index (χ2v) is 12.8. The average Bonchev–Trinajstić information content (AvgIpc) is 3.55. The first-order valence-corrected chi connectivity index (χ1v) is 16.9. The van der Waals surface area contributed by atoms with Gasteiger partial charge in [0.2, 0.25) is 0 Å². The van der Waals surface area contributed by atoms with E-state index < -0.39 is 0 Å². The highest BCUT2D eigenvalue weighted by Crippen LogP contribution is 2.39. The number of fused-ring (bicyclic) bond motifs is 2. The summed E-state index contributed by atoms with van der Waals surface area (Å²) in [6.45, 7) is 7.30. The Morgan fingerprint density at radius 2 is 1.76 bits per heavy atom. The molecule has 0 saturated heterocycles. The summed E-state index contributed by atoms with van der Waals surface area (Å²) in [4.78, 5) is 5.59. The maximum Gasteiger partial charge on any atom is 0.175 e. The van der Waals surface area contributed by atoms with Crippen molar-refractivity contribution in [1.82, 2.24) is 4.90 Å². The van der Waals surface area contributed by atoms with Crippen LogP contribution in [0.1, 0.15) is 30.7 Å². The number of hydrogen-bond acceptors (Lipinski definition) is 5. The molecule has 3 aromatic carbocycles. The highest BCUT2D eigenvalue weighted by atomic mass is 79.9. The van der Waals surface area contributed by atoms with Crippen molar-refractivity contribution in [3.63, 3.8) is 0 Å². The Morgan fingerprint density at radius 3 is 2.49 bits per heavy atom. The van der Waals surface area contributed by atoms with Crippen molar-refractivity contribution < 1.29 is 8.83 Å². The van der Waals surface area contributed by atoms with Gasteiger partial charge < -0.3 is 19.5 Å². The third-order valence-electron chi connectivity index (χ3n) is 7.49. The van der Waals surface area contributed by atoms with Crippen LogP contribution in [-0.2, 0) is 19.3 Å². The monoisotopic (exact) mass is 713 g/mol. The molecule has 2 aromatic heterocycles. The molecule has 0 aliphatic rings. The van der Waals surface area contributed by atoms with E-state index in [1.807, 2.05) is 41.5 Å². The summed E-state index contributed by atoms with van der Waals surface area (Å²) < 4.78 is 13.8.